The maximum absolute atomic E-state index is 6.18. The van der Waals surface area contributed by atoms with Crippen LogP contribution in [0, 0.1) is 5.92 Å². The molecule has 1 aromatic carbocycles. The van der Waals surface area contributed by atoms with Crippen molar-refractivity contribution in [3.63, 3.8) is 0 Å². The van der Waals surface area contributed by atoms with E-state index in [1.165, 1.54) is 18.4 Å². The third-order valence-electron chi connectivity index (χ3n) is 4.62. The van der Waals surface area contributed by atoms with E-state index in [-0.39, 0.29) is 11.5 Å². The van der Waals surface area contributed by atoms with E-state index in [1.807, 2.05) is 0 Å². The molecule has 2 saturated carbocycles. The zero-order valence-electron chi connectivity index (χ0n) is 12.1. The molecule has 2 N–H and O–H groups in total. The highest BCUT2D eigenvalue weighted by molar-refractivity contribution is 9.10. The van der Waals surface area contributed by atoms with Gasteiger partial charge in [0, 0.05) is 11.5 Å². The lowest BCUT2D eigenvalue weighted by atomic mass is 9.89. The van der Waals surface area contributed by atoms with Crippen LogP contribution in [0.1, 0.15) is 38.2 Å². The Kier molecular flexibility index (Phi) is 3.71. The summed E-state index contributed by atoms with van der Waals surface area (Å²) in [5.74, 6) is 2.36. The van der Waals surface area contributed by atoms with Crippen LogP contribution >= 0.6 is 15.9 Å². The summed E-state index contributed by atoms with van der Waals surface area (Å²) in [7, 11) is 1.68. The number of ether oxygens (including phenoxy) is 2. The van der Waals surface area contributed by atoms with Crippen LogP contribution in [0.5, 0.6) is 11.5 Å². The van der Waals surface area contributed by atoms with Crippen molar-refractivity contribution >= 4 is 15.9 Å². The molecule has 0 amide bonds. The molecular weight excluding hydrogens is 318 g/mol. The molecule has 1 aromatic rings. The van der Waals surface area contributed by atoms with Gasteiger partial charge in [-0.2, -0.15) is 0 Å². The number of halogens is 1. The summed E-state index contributed by atoms with van der Waals surface area (Å²) in [6, 6.07) is 4.43. The predicted octanol–water partition coefficient (Wildman–Crippen LogP) is 3.63. The van der Waals surface area contributed by atoms with Gasteiger partial charge in [0.2, 0.25) is 0 Å². The molecule has 2 aliphatic rings. The first kappa shape index (κ1) is 14.2. The summed E-state index contributed by atoms with van der Waals surface area (Å²) in [4.78, 5) is 0. The Balaban J connectivity index is 1.91. The lowest BCUT2D eigenvalue weighted by Crippen LogP contribution is -2.31. The maximum Gasteiger partial charge on any atom is 0.174 e. The quantitative estimate of drug-likeness (QED) is 0.860. The van der Waals surface area contributed by atoms with Crippen molar-refractivity contribution in [2.24, 2.45) is 11.7 Å². The fraction of sp³-hybridized carbons (Fsp3) is 0.625. The van der Waals surface area contributed by atoms with E-state index >= 15 is 0 Å². The lowest BCUT2D eigenvalue weighted by Gasteiger charge is -2.22. The Hall–Kier alpha value is -0.740. The normalized spacial score (nSPS) is 21.4. The number of benzene rings is 1. The smallest absolute Gasteiger partial charge is 0.174 e. The van der Waals surface area contributed by atoms with Crippen molar-refractivity contribution in [3.05, 3.63) is 22.2 Å². The van der Waals surface area contributed by atoms with E-state index in [0.29, 0.717) is 0 Å². The fourth-order valence-corrected chi connectivity index (χ4v) is 3.40. The van der Waals surface area contributed by atoms with Crippen molar-refractivity contribution in [2.75, 3.05) is 13.7 Å². The molecular formula is C16H22BrNO2. The van der Waals surface area contributed by atoms with Crippen molar-refractivity contribution in [1.82, 2.24) is 0 Å². The van der Waals surface area contributed by atoms with Gasteiger partial charge in [-0.25, -0.2) is 0 Å². The molecule has 0 heterocycles. The molecule has 0 radical (unpaired) electrons. The molecule has 0 bridgehead atoms. The molecule has 2 fully saturated rings. The van der Waals surface area contributed by atoms with E-state index in [4.69, 9.17) is 15.2 Å². The molecule has 0 spiro atoms. The molecule has 0 aromatic heterocycles. The maximum atomic E-state index is 6.18. The summed E-state index contributed by atoms with van der Waals surface area (Å²) in [6.07, 6.45) is 4.89. The minimum absolute atomic E-state index is 0.131. The van der Waals surface area contributed by atoms with Crippen LogP contribution in [0.4, 0.5) is 0 Å². The van der Waals surface area contributed by atoms with Crippen molar-refractivity contribution in [2.45, 2.75) is 44.1 Å². The highest BCUT2D eigenvalue weighted by Gasteiger charge is 2.48. The summed E-state index contributed by atoms with van der Waals surface area (Å²) in [6.45, 7) is 2.88. The number of rotatable bonds is 6. The highest BCUT2D eigenvalue weighted by Crippen LogP contribution is 2.53. The van der Waals surface area contributed by atoms with Crippen LogP contribution in [0.2, 0.25) is 0 Å². The van der Waals surface area contributed by atoms with Gasteiger partial charge in [0.25, 0.3) is 0 Å². The monoisotopic (exact) mass is 339 g/mol. The molecule has 1 unspecified atom stereocenters. The van der Waals surface area contributed by atoms with E-state index < -0.39 is 0 Å². The van der Waals surface area contributed by atoms with Gasteiger partial charge in [-0.1, -0.05) is 0 Å². The van der Waals surface area contributed by atoms with Gasteiger partial charge in [0.1, 0.15) is 0 Å². The Bertz CT molecular complexity index is 507. The van der Waals surface area contributed by atoms with Gasteiger partial charge in [-0.05, 0) is 72.2 Å². The molecule has 2 aliphatic carbocycles. The van der Waals surface area contributed by atoms with Gasteiger partial charge >= 0.3 is 0 Å². The molecule has 0 saturated heterocycles. The molecule has 20 heavy (non-hydrogen) atoms. The summed E-state index contributed by atoms with van der Waals surface area (Å²) in [5, 5.41) is 0. The first-order valence-electron chi connectivity index (χ1n) is 7.33. The summed E-state index contributed by atoms with van der Waals surface area (Å²) >= 11 is 3.60. The van der Waals surface area contributed by atoms with Gasteiger partial charge in [0.05, 0.1) is 18.2 Å². The van der Waals surface area contributed by atoms with Crippen LogP contribution in [0.15, 0.2) is 16.6 Å². The minimum Gasteiger partial charge on any atom is -0.492 e. The van der Waals surface area contributed by atoms with Crippen molar-refractivity contribution < 1.29 is 9.47 Å². The average molecular weight is 340 g/mol. The Morgan fingerprint density at radius 1 is 1.40 bits per heavy atom. The third kappa shape index (κ3) is 2.56. The largest absolute Gasteiger partial charge is 0.492 e. The third-order valence-corrected chi connectivity index (χ3v) is 5.21. The lowest BCUT2D eigenvalue weighted by molar-refractivity contribution is 0.279. The molecule has 3 rings (SSSR count). The second-order valence-corrected chi connectivity index (χ2v) is 7.04. The molecule has 1 atom stereocenters. The Morgan fingerprint density at radius 3 is 2.60 bits per heavy atom. The van der Waals surface area contributed by atoms with Crippen LogP contribution < -0.4 is 15.2 Å². The van der Waals surface area contributed by atoms with Crippen molar-refractivity contribution in [1.29, 1.82) is 0 Å². The second kappa shape index (κ2) is 5.23. The van der Waals surface area contributed by atoms with Gasteiger partial charge in [-0.3, -0.25) is 0 Å². The van der Waals surface area contributed by atoms with Gasteiger partial charge < -0.3 is 15.2 Å². The SMILES string of the molecule is COc1c(Br)cc(C2(C(C)N)CC2)cc1OCC1CC1. The Morgan fingerprint density at radius 2 is 2.10 bits per heavy atom. The predicted molar refractivity (Wildman–Crippen MR) is 83.5 cm³/mol. The molecule has 0 aliphatic heterocycles. The average Bonchev–Trinajstić information content (AvgIpc) is 3.28. The summed E-state index contributed by atoms with van der Waals surface area (Å²) < 4.78 is 12.4. The fourth-order valence-electron chi connectivity index (χ4n) is 2.79. The first-order chi connectivity index (χ1) is 9.56. The van der Waals surface area contributed by atoms with Gasteiger partial charge in [0.15, 0.2) is 11.5 Å². The first-order valence-corrected chi connectivity index (χ1v) is 8.12. The van der Waals surface area contributed by atoms with Crippen LogP contribution in [-0.2, 0) is 5.41 Å². The second-order valence-electron chi connectivity index (χ2n) is 6.19. The zero-order valence-corrected chi connectivity index (χ0v) is 13.7. The number of nitrogens with two attached hydrogens (primary N) is 1. The number of methoxy groups -OCH3 is 1. The van der Waals surface area contributed by atoms with E-state index in [2.05, 4.69) is 35.0 Å². The van der Waals surface area contributed by atoms with Crippen molar-refractivity contribution in [3.8, 4) is 11.5 Å². The Labute approximate surface area is 129 Å². The number of hydrogen-bond donors (Lipinski definition) is 1. The zero-order chi connectivity index (χ0) is 14.3. The molecule has 4 heteroatoms. The highest BCUT2D eigenvalue weighted by atomic mass is 79.9. The minimum atomic E-state index is 0.131. The standard InChI is InChI=1S/C16H22BrNO2/c1-10(18)16(5-6-16)12-7-13(17)15(19-2)14(8-12)20-9-11-3-4-11/h7-8,10-11H,3-6,9,18H2,1-2H3. The summed E-state index contributed by atoms with van der Waals surface area (Å²) in [5.41, 5.74) is 7.58. The van der Waals surface area contributed by atoms with E-state index in [1.54, 1.807) is 7.11 Å². The van der Waals surface area contributed by atoms with Crippen LogP contribution in [0.25, 0.3) is 0 Å². The van der Waals surface area contributed by atoms with Crippen LogP contribution in [0.3, 0.4) is 0 Å². The molecule has 3 nitrogen and oxygen atoms in total. The molecule has 110 valence electrons. The van der Waals surface area contributed by atoms with Crippen LogP contribution in [-0.4, -0.2) is 19.8 Å². The van der Waals surface area contributed by atoms with Gasteiger partial charge in [-0.15, -0.1) is 0 Å². The van der Waals surface area contributed by atoms with E-state index in [0.717, 1.165) is 41.3 Å². The number of hydrogen-bond acceptors (Lipinski definition) is 3. The van der Waals surface area contributed by atoms with E-state index in [9.17, 15) is 0 Å². The topological polar surface area (TPSA) is 44.5 Å².